The number of carbonyl (C=O) groups is 1. The molecule has 2 aliphatic rings. The smallest absolute Gasteiger partial charge is 0.193 e. The maximum absolute atomic E-state index is 11.8. The molecule has 0 radical (unpaired) electrons. The molecule has 0 saturated heterocycles. The summed E-state index contributed by atoms with van der Waals surface area (Å²) in [6.45, 7) is 0. The van der Waals surface area contributed by atoms with E-state index in [-0.39, 0.29) is 11.8 Å². The molecule has 68 valence electrons. The largest absolute Gasteiger partial charge is 0.353 e. The van der Waals surface area contributed by atoms with E-state index >= 15 is 0 Å². The quantitative estimate of drug-likeness (QED) is 0.662. The Morgan fingerprint density at radius 2 is 2.14 bits per heavy atom. The SMILES string of the molecule is O=C1C2=CNC=NC2c2ccccc21. The highest BCUT2D eigenvalue weighted by molar-refractivity contribution is 6.14. The van der Waals surface area contributed by atoms with Gasteiger partial charge in [0.15, 0.2) is 5.78 Å². The van der Waals surface area contributed by atoms with Crippen LogP contribution in [0.25, 0.3) is 0 Å². The highest BCUT2D eigenvalue weighted by Crippen LogP contribution is 2.38. The molecule has 1 aromatic rings. The van der Waals surface area contributed by atoms with Crippen molar-refractivity contribution >= 4 is 12.1 Å². The fourth-order valence-electron chi connectivity index (χ4n) is 1.94. The van der Waals surface area contributed by atoms with Crippen molar-refractivity contribution in [2.45, 2.75) is 6.04 Å². The van der Waals surface area contributed by atoms with Crippen molar-refractivity contribution in [3.63, 3.8) is 0 Å². The lowest BCUT2D eigenvalue weighted by Crippen LogP contribution is -2.13. The molecule has 0 amide bonds. The molecule has 3 nitrogen and oxygen atoms in total. The van der Waals surface area contributed by atoms with Crippen LogP contribution in [0.2, 0.25) is 0 Å². The highest BCUT2D eigenvalue weighted by atomic mass is 16.1. The average Bonchev–Trinajstić information content (AvgIpc) is 2.55. The van der Waals surface area contributed by atoms with E-state index in [4.69, 9.17) is 0 Å². The van der Waals surface area contributed by atoms with Crippen LogP contribution in [0.1, 0.15) is 22.0 Å². The van der Waals surface area contributed by atoms with E-state index in [9.17, 15) is 4.79 Å². The van der Waals surface area contributed by atoms with E-state index in [2.05, 4.69) is 10.3 Å². The lowest BCUT2D eigenvalue weighted by molar-refractivity contribution is 0.103. The number of hydrogen-bond acceptors (Lipinski definition) is 3. The van der Waals surface area contributed by atoms with Gasteiger partial charge in [-0.05, 0) is 5.56 Å². The van der Waals surface area contributed by atoms with Crippen LogP contribution in [0.3, 0.4) is 0 Å². The minimum absolute atomic E-state index is 0.0834. The van der Waals surface area contributed by atoms with Crippen molar-refractivity contribution in [1.29, 1.82) is 0 Å². The predicted molar refractivity (Wildman–Crippen MR) is 53.2 cm³/mol. The zero-order valence-corrected chi connectivity index (χ0v) is 7.40. The molecule has 1 N–H and O–H groups in total. The summed E-state index contributed by atoms with van der Waals surface area (Å²) < 4.78 is 0. The summed E-state index contributed by atoms with van der Waals surface area (Å²) in [6.07, 6.45) is 3.36. The first-order valence-electron chi connectivity index (χ1n) is 4.49. The molecule has 1 aliphatic carbocycles. The summed E-state index contributed by atoms with van der Waals surface area (Å²) in [5.41, 5.74) is 2.54. The number of Topliss-reactive ketones (excluding diaryl/α,β-unsaturated/α-hetero) is 1. The molecule has 3 heteroatoms. The molecule has 0 bridgehead atoms. The summed E-state index contributed by atoms with van der Waals surface area (Å²) in [5, 5.41) is 2.85. The predicted octanol–water partition coefficient (Wildman–Crippen LogP) is 1.44. The van der Waals surface area contributed by atoms with Crippen LogP contribution in [0.5, 0.6) is 0 Å². The molecule has 1 unspecified atom stereocenters. The van der Waals surface area contributed by atoms with Gasteiger partial charge in [0.1, 0.15) is 6.04 Å². The second-order valence-electron chi connectivity index (χ2n) is 3.36. The van der Waals surface area contributed by atoms with E-state index in [0.29, 0.717) is 0 Å². The van der Waals surface area contributed by atoms with Crippen molar-refractivity contribution in [1.82, 2.24) is 5.32 Å². The summed E-state index contributed by atoms with van der Waals surface area (Å²) >= 11 is 0. The Morgan fingerprint density at radius 3 is 3.07 bits per heavy atom. The molecule has 1 atom stereocenters. The van der Waals surface area contributed by atoms with Crippen LogP contribution < -0.4 is 5.32 Å². The van der Waals surface area contributed by atoms with E-state index in [1.165, 1.54) is 0 Å². The highest BCUT2D eigenvalue weighted by Gasteiger charge is 2.34. The van der Waals surface area contributed by atoms with Gasteiger partial charge in [0, 0.05) is 17.3 Å². The Hall–Kier alpha value is -1.90. The first-order valence-corrected chi connectivity index (χ1v) is 4.49. The number of nitrogens with one attached hydrogen (secondary N) is 1. The van der Waals surface area contributed by atoms with Gasteiger partial charge < -0.3 is 5.32 Å². The van der Waals surface area contributed by atoms with Gasteiger partial charge in [0.25, 0.3) is 0 Å². The molecule has 1 heterocycles. The Labute approximate surface area is 81.2 Å². The van der Waals surface area contributed by atoms with E-state index < -0.39 is 0 Å². The van der Waals surface area contributed by atoms with Crippen LogP contribution in [0.15, 0.2) is 41.0 Å². The van der Waals surface area contributed by atoms with E-state index in [0.717, 1.165) is 16.7 Å². The van der Waals surface area contributed by atoms with Crippen molar-refractivity contribution in [2.75, 3.05) is 0 Å². The van der Waals surface area contributed by atoms with E-state index in [1.54, 1.807) is 12.5 Å². The van der Waals surface area contributed by atoms with Crippen LogP contribution in [-0.2, 0) is 0 Å². The lowest BCUT2D eigenvalue weighted by Gasteiger charge is -2.10. The summed E-state index contributed by atoms with van der Waals surface area (Å²) in [7, 11) is 0. The molecule has 0 saturated carbocycles. The van der Waals surface area contributed by atoms with Gasteiger partial charge in [0.05, 0.1) is 6.34 Å². The Morgan fingerprint density at radius 1 is 1.29 bits per heavy atom. The van der Waals surface area contributed by atoms with Gasteiger partial charge in [-0.3, -0.25) is 9.79 Å². The number of carbonyl (C=O) groups excluding carboxylic acids is 1. The third kappa shape index (κ3) is 0.812. The minimum Gasteiger partial charge on any atom is -0.353 e. The molecule has 0 aromatic heterocycles. The monoisotopic (exact) mass is 184 g/mol. The van der Waals surface area contributed by atoms with Crippen molar-refractivity contribution in [3.8, 4) is 0 Å². The zero-order valence-electron chi connectivity index (χ0n) is 7.40. The second-order valence-corrected chi connectivity index (χ2v) is 3.36. The summed E-state index contributed by atoms with van der Waals surface area (Å²) in [4.78, 5) is 16.1. The van der Waals surface area contributed by atoms with Gasteiger partial charge in [-0.25, -0.2) is 0 Å². The first-order chi connectivity index (χ1) is 6.88. The summed E-state index contributed by atoms with van der Waals surface area (Å²) in [5.74, 6) is 0.0925. The lowest BCUT2D eigenvalue weighted by atomic mass is 10.1. The molecule has 14 heavy (non-hydrogen) atoms. The third-order valence-corrected chi connectivity index (χ3v) is 2.59. The number of ketones is 1. The Bertz CT molecular complexity index is 474. The van der Waals surface area contributed by atoms with Gasteiger partial charge >= 0.3 is 0 Å². The number of fused-ring (bicyclic) bond motifs is 3. The van der Waals surface area contributed by atoms with Gasteiger partial charge in [-0.2, -0.15) is 0 Å². The number of rotatable bonds is 0. The maximum atomic E-state index is 11.8. The van der Waals surface area contributed by atoms with Crippen molar-refractivity contribution in [3.05, 3.63) is 47.2 Å². The fourth-order valence-corrected chi connectivity index (χ4v) is 1.94. The first kappa shape index (κ1) is 7.50. The molecule has 0 fully saturated rings. The number of benzene rings is 1. The number of nitrogens with zero attached hydrogens (tertiary/aromatic N) is 1. The standard InChI is InChI=1S/C11H8N2O/c14-11-8-4-2-1-3-7(8)10-9(11)5-12-6-13-10/h1-6,10H,(H,12,13). The topological polar surface area (TPSA) is 41.5 Å². The molecule has 1 aliphatic heterocycles. The van der Waals surface area contributed by atoms with Gasteiger partial charge in [-0.1, -0.05) is 24.3 Å². The zero-order chi connectivity index (χ0) is 9.54. The second kappa shape index (κ2) is 2.54. The molecule has 1 aromatic carbocycles. The Kier molecular flexibility index (Phi) is 1.36. The molecular weight excluding hydrogens is 176 g/mol. The van der Waals surface area contributed by atoms with Crippen LogP contribution in [-0.4, -0.2) is 12.1 Å². The molecular formula is C11H8N2O. The number of hydrogen-bond donors (Lipinski definition) is 1. The molecule has 0 spiro atoms. The van der Waals surface area contributed by atoms with Crippen LogP contribution in [0.4, 0.5) is 0 Å². The fraction of sp³-hybridized carbons (Fsp3) is 0.0909. The Balaban J connectivity index is 2.26. The van der Waals surface area contributed by atoms with Crippen molar-refractivity contribution in [2.24, 2.45) is 4.99 Å². The van der Waals surface area contributed by atoms with Gasteiger partial charge in [0.2, 0.25) is 0 Å². The average molecular weight is 184 g/mol. The van der Waals surface area contributed by atoms with Gasteiger partial charge in [-0.15, -0.1) is 0 Å². The normalized spacial score (nSPS) is 22.4. The maximum Gasteiger partial charge on any atom is 0.193 e. The number of aliphatic imine (C=N–C) groups is 1. The third-order valence-electron chi connectivity index (χ3n) is 2.59. The van der Waals surface area contributed by atoms with E-state index in [1.807, 2.05) is 24.3 Å². The minimum atomic E-state index is -0.0834. The van der Waals surface area contributed by atoms with Crippen LogP contribution >= 0.6 is 0 Å². The van der Waals surface area contributed by atoms with Crippen molar-refractivity contribution < 1.29 is 4.79 Å². The molecule has 3 rings (SSSR count). The summed E-state index contributed by atoms with van der Waals surface area (Å²) in [6, 6.07) is 7.55. The van der Waals surface area contributed by atoms with Crippen LogP contribution in [0, 0.1) is 0 Å².